The van der Waals surface area contributed by atoms with E-state index in [2.05, 4.69) is 0 Å². The van der Waals surface area contributed by atoms with Crippen molar-refractivity contribution >= 4 is 11.8 Å². The number of carbonyl (C=O) groups excluding carboxylic acids is 2. The van der Waals surface area contributed by atoms with E-state index in [0.29, 0.717) is 19.6 Å². The minimum absolute atomic E-state index is 0.0187. The van der Waals surface area contributed by atoms with Gasteiger partial charge in [0.1, 0.15) is 5.82 Å². The molecule has 1 saturated heterocycles. The molecule has 0 unspecified atom stereocenters. The molecule has 2 aromatic rings. The van der Waals surface area contributed by atoms with E-state index in [0.717, 1.165) is 5.56 Å². The largest absolute Gasteiger partial charge is 0.346 e. The summed E-state index contributed by atoms with van der Waals surface area (Å²) in [6, 6.07) is 15.7. The third-order valence-corrected chi connectivity index (χ3v) is 5.11. The van der Waals surface area contributed by atoms with Gasteiger partial charge in [-0.25, -0.2) is 4.39 Å². The van der Waals surface area contributed by atoms with Crippen molar-refractivity contribution in [2.75, 3.05) is 26.7 Å². The molecule has 0 aliphatic carbocycles. The highest BCUT2D eigenvalue weighted by atomic mass is 19.1. The maximum absolute atomic E-state index is 14.0. The molecule has 1 aliphatic heterocycles. The molecule has 3 rings (SSSR count). The van der Waals surface area contributed by atoms with Crippen LogP contribution >= 0.6 is 0 Å². The van der Waals surface area contributed by atoms with Crippen molar-refractivity contribution in [1.82, 2.24) is 9.80 Å². The standard InChI is InChI=1S/C21H23FN2O2/c1-3-23(2)20(25)18-14-24(13-17(18)15-9-5-4-6-10-15)21(26)16-11-7-8-12-19(16)22/h4-12,17-18H,3,13-14H2,1-2H3/t17-,18-/m1/s1. The first-order valence-electron chi connectivity index (χ1n) is 8.86. The molecule has 26 heavy (non-hydrogen) atoms. The molecule has 2 atom stereocenters. The minimum Gasteiger partial charge on any atom is -0.346 e. The Hall–Kier alpha value is -2.69. The van der Waals surface area contributed by atoms with Crippen LogP contribution in [-0.4, -0.2) is 48.3 Å². The number of hydrogen-bond donors (Lipinski definition) is 0. The maximum atomic E-state index is 14.0. The van der Waals surface area contributed by atoms with Crippen molar-refractivity contribution < 1.29 is 14.0 Å². The van der Waals surface area contributed by atoms with Crippen LogP contribution in [0.3, 0.4) is 0 Å². The lowest BCUT2D eigenvalue weighted by Gasteiger charge is -2.23. The maximum Gasteiger partial charge on any atom is 0.256 e. The summed E-state index contributed by atoms with van der Waals surface area (Å²) in [7, 11) is 1.77. The van der Waals surface area contributed by atoms with Gasteiger partial charge < -0.3 is 9.80 Å². The summed E-state index contributed by atoms with van der Waals surface area (Å²) in [4.78, 5) is 28.9. The zero-order valence-corrected chi connectivity index (χ0v) is 15.1. The van der Waals surface area contributed by atoms with Crippen LogP contribution in [0.2, 0.25) is 0 Å². The zero-order valence-electron chi connectivity index (χ0n) is 15.1. The first-order valence-corrected chi connectivity index (χ1v) is 8.86. The minimum atomic E-state index is -0.533. The second-order valence-electron chi connectivity index (χ2n) is 6.67. The molecule has 0 N–H and O–H groups in total. The third kappa shape index (κ3) is 3.47. The molecule has 0 saturated carbocycles. The van der Waals surface area contributed by atoms with Crippen LogP contribution in [0, 0.1) is 11.7 Å². The number of benzene rings is 2. The first kappa shape index (κ1) is 18.1. The van der Waals surface area contributed by atoms with E-state index in [1.807, 2.05) is 37.3 Å². The third-order valence-electron chi connectivity index (χ3n) is 5.11. The highest BCUT2D eigenvalue weighted by Gasteiger charge is 2.41. The van der Waals surface area contributed by atoms with Gasteiger partial charge in [0.05, 0.1) is 11.5 Å². The Morgan fingerprint density at radius 1 is 1.08 bits per heavy atom. The summed E-state index contributed by atoms with van der Waals surface area (Å²) in [5, 5.41) is 0. The summed E-state index contributed by atoms with van der Waals surface area (Å²) in [6.07, 6.45) is 0. The number of rotatable bonds is 4. The molecule has 2 amide bonds. The van der Waals surface area contributed by atoms with Gasteiger partial charge in [0, 0.05) is 32.6 Å². The smallest absolute Gasteiger partial charge is 0.256 e. The van der Waals surface area contributed by atoms with Crippen molar-refractivity contribution in [2.24, 2.45) is 5.92 Å². The number of carbonyl (C=O) groups is 2. The number of halogens is 1. The zero-order chi connectivity index (χ0) is 18.7. The van der Waals surface area contributed by atoms with E-state index in [4.69, 9.17) is 0 Å². The van der Waals surface area contributed by atoms with Crippen LogP contribution in [-0.2, 0) is 4.79 Å². The molecule has 4 nitrogen and oxygen atoms in total. The quantitative estimate of drug-likeness (QED) is 0.846. The van der Waals surface area contributed by atoms with Crippen molar-refractivity contribution in [3.05, 3.63) is 71.5 Å². The van der Waals surface area contributed by atoms with E-state index >= 15 is 0 Å². The van der Waals surface area contributed by atoms with Gasteiger partial charge in [0.2, 0.25) is 5.91 Å². The predicted molar refractivity (Wildman–Crippen MR) is 98.3 cm³/mol. The van der Waals surface area contributed by atoms with Crippen LogP contribution in [0.25, 0.3) is 0 Å². The SMILES string of the molecule is CCN(C)C(=O)[C@@H]1CN(C(=O)c2ccccc2F)C[C@@H]1c1ccccc1. The molecule has 1 heterocycles. The van der Waals surface area contributed by atoms with E-state index in [1.165, 1.54) is 12.1 Å². The summed E-state index contributed by atoms with van der Waals surface area (Å²) in [5.41, 5.74) is 1.08. The molecule has 0 aromatic heterocycles. The van der Waals surface area contributed by atoms with Crippen LogP contribution in [0.5, 0.6) is 0 Å². The number of likely N-dealkylation sites (tertiary alicyclic amines) is 1. The molecule has 136 valence electrons. The predicted octanol–water partition coefficient (Wildman–Crippen LogP) is 3.16. The Kier molecular flexibility index (Phi) is 5.35. The van der Waals surface area contributed by atoms with Crippen molar-refractivity contribution in [2.45, 2.75) is 12.8 Å². The number of nitrogens with zero attached hydrogens (tertiary/aromatic N) is 2. The number of amides is 2. The fourth-order valence-electron chi connectivity index (χ4n) is 3.50. The lowest BCUT2D eigenvalue weighted by atomic mass is 9.88. The normalized spacial score (nSPS) is 19.4. The fraction of sp³-hybridized carbons (Fsp3) is 0.333. The van der Waals surface area contributed by atoms with Gasteiger partial charge in [-0.3, -0.25) is 9.59 Å². The second-order valence-corrected chi connectivity index (χ2v) is 6.67. The molecule has 0 spiro atoms. The van der Waals surface area contributed by atoms with E-state index < -0.39 is 5.82 Å². The van der Waals surface area contributed by atoms with Gasteiger partial charge in [-0.15, -0.1) is 0 Å². The average Bonchev–Trinajstić information content (AvgIpc) is 3.12. The van der Waals surface area contributed by atoms with Crippen molar-refractivity contribution in [3.8, 4) is 0 Å². The molecular weight excluding hydrogens is 331 g/mol. The van der Waals surface area contributed by atoms with E-state index in [9.17, 15) is 14.0 Å². The van der Waals surface area contributed by atoms with E-state index in [-0.39, 0.29) is 29.2 Å². The Morgan fingerprint density at radius 3 is 2.38 bits per heavy atom. The van der Waals surface area contributed by atoms with Crippen LogP contribution in [0.1, 0.15) is 28.8 Å². The molecule has 2 aromatic carbocycles. The van der Waals surface area contributed by atoms with Crippen molar-refractivity contribution in [1.29, 1.82) is 0 Å². The van der Waals surface area contributed by atoms with Crippen LogP contribution in [0.15, 0.2) is 54.6 Å². The Balaban J connectivity index is 1.90. The summed E-state index contributed by atoms with van der Waals surface area (Å²) < 4.78 is 14.0. The van der Waals surface area contributed by atoms with Gasteiger partial charge in [-0.05, 0) is 24.6 Å². The lowest BCUT2D eigenvalue weighted by Crippen LogP contribution is -2.37. The van der Waals surface area contributed by atoms with Gasteiger partial charge in [0.15, 0.2) is 0 Å². The number of hydrogen-bond acceptors (Lipinski definition) is 2. The first-order chi connectivity index (χ1) is 12.5. The Labute approximate surface area is 153 Å². The fourth-order valence-corrected chi connectivity index (χ4v) is 3.50. The molecule has 1 fully saturated rings. The van der Waals surface area contributed by atoms with Gasteiger partial charge in [-0.1, -0.05) is 42.5 Å². The molecule has 0 radical (unpaired) electrons. The van der Waals surface area contributed by atoms with Gasteiger partial charge in [0.25, 0.3) is 5.91 Å². The lowest BCUT2D eigenvalue weighted by molar-refractivity contribution is -0.133. The molecule has 0 bridgehead atoms. The summed E-state index contributed by atoms with van der Waals surface area (Å²) in [5.74, 6) is -1.29. The molecule has 5 heteroatoms. The van der Waals surface area contributed by atoms with Crippen LogP contribution < -0.4 is 0 Å². The highest BCUT2D eigenvalue weighted by molar-refractivity contribution is 5.95. The average molecular weight is 354 g/mol. The second kappa shape index (κ2) is 7.68. The highest BCUT2D eigenvalue weighted by Crippen LogP contribution is 2.34. The molecular formula is C21H23FN2O2. The Morgan fingerprint density at radius 2 is 1.73 bits per heavy atom. The van der Waals surface area contributed by atoms with E-state index in [1.54, 1.807) is 29.0 Å². The molecule has 1 aliphatic rings. The Bertz CT molecular complexity index is 794. The van der Waals surface area contributed by atoms with Gasteiger partial charge in [-0.2, -0.15) is 0 Å². The van der Waals surface area contributed by atoms with Crippen LogP contribution in [0.4, 0.5) is 4.39 Å². The topological polar surface area (TPSA) is 40.6 Å². The van der Waals surface area contributed by atoms with Crippen molar-refractivity contribution in [3.63, 3.8) is 0 Å². The summed E-state index contributed by atoms with van der Waals surface area (Å²) in [6.45, 7) is 3.24. The summed E-state index contributed by atoms with van der Waals surface area (Å²) >= 11 is 0. The monoisotopic (exact) mass is 354 g/mol. The van der Waals surface area contributed by atoms with Gasteiger partial charge >= 0.3 is 0 Å².